The van der Waals surface area contributed by atoms with Crippen LogP contribution in [0.5, 0.6) is 0 Å². The minimum Gasteiger partial charge on any atom is -0.394 e. The normalized spacial score (nSPS) is 31.3. The molecule has 0 radical (unpaired) electrons. The quantitative estimate of drug-likeness (QED) is 0.511. The zero-order chi connectivity index (χ0) is 22.3. The van der Waals surface area contributed by atoms with Gasteiger partial charge in [-0.1, -0.05) is 63.2 Å². The summed E-state index contributed by atoms with van der Waals surface area (Å²) in [6.07, 6.45) is -4.86. The van der Waals surface area contributed by atoms with E-state index in [2.05, 4.69) is 50.4 Å². The average Bonchev–Trinajstić information content (AvgIpc) is 2.76. The SMILES string of the molecule is CC(C)(C)c1ccc([C@@H]2NCCc3ccc([C@@H]4O[C@H](CO)[C@@H](O)[C@H](O)[C@H]4O)cc32)cc1. The molecule has 0 bridgehead atoms. The van der Waals surface area contributed by atoms with Crippen LogP contribution >= 0.6 is 0 Å². The van der Waals surface area contributed by atoms with Crippen molar-refractivity contribution in [2.24, 2.45) is 0 Å². The van der Waals surface area contributed by atoms with Crippen LogP contribution in [0.1, 0.15) is 60.7 Å². The Labute approximate surface area is 183 Å². The molecule has 6 nitrogen and oxygen atoms in total. The first-order chi connectivity index (χ1) is 14.7. The number of nitrogens with one attached hydrogen (secondary N) is 1. The molecule has 0 unspecified atom stereocenters. The van der Waals surface area contributed by atoms with E-state index in [0.29, 0.717) is 0 Å². The summed E-state index contributed by atoms with van der Waals surface area (Å²) in [4.78, 5) is 0. The van der Waals surface area contributed by atoms with Crippen LogP contribution in [0.2, 0.25) is 0 Å². The van der Waals surface area contributed by atoms with Gasteiger partial charge in [-0.3, -0.25) is 0 Å². The van der Waals surface area contributed by atoms with Crippen LogP contribution in [0.3, 0.4) is 0 Å². The summed E-state index contributed by atoms with van der Waals surface area (Å²) < 4.78 is 5.77. The lowest BCUT2D eigenvalue weighted by Gasteiger charge is -2.40. The predicted octanol–water partition coefficient (Wildman–Crippen LogP) is 1.73. The smallest absolute Gasteiger partial charge is 0.113 e. The zero-order valence-corrected chi connectivity index (χ0v) is 18.3. The maximum Gasteiger partial charge on any atom is 0.113 e. The van der Waals surface area contributed by atoms with Crippen LogP contribution in [-0.4, -0.2) is 58.0 Å². The van der Waals surface area contributed by atoms with Gasteiger partial charge in [0.1, 0.15) is 30.5 Å². The minimum absolute atomic E-state index is 0.0163. The summed E-state index contributed by atoms with van der Waals surface area (Å²) in [6.45, 7) is 7.03. The van der Waals surface area contributed by atoms with Crippen LogP contribution in [0, 0.1) is 0 Å². The van der Waals surface area contributed by atoms with Gasteiger partial charge < -0.3 is 30.5 Å². The van der Waals surface area contributed by atoms with Gasteiger partial charge in [-0.15, -0.1) is 0 Å². The summed E-state index contributed by atoms with van der Waals surface area (Å²) in [6, 6.07) is 14.6. The van der Waals surface area contributed by atoms with E-state index in [4.69, 9.17) is 4.74 Å². The first kappa shape index (κ1) is 22.4. The van der Waals surface area contributed by atoms with Crippen molar-refractivity contribution in [1.82, 2.24) is 5.32 Å². The van der Waals surface area contributed by atoms with Crippen LogP contribution < -0.4 is 5.32 Å². The monoisotopic (exact) mass is 427 g/mol. The van der Waals surface area contributed by atoms with E-state index < -0.39 is 37.1 Å². The molecular weight excluding hydrogens is 394 g/mol. The van der Waals surface area contributed by atoms with Gasteiger partial charge in [0.2, 0.25) is 0 Å². The fourth-order valence-electron chi connectivity index (χ4n) is 4.60. The summed E-state index contributed by atoms with van der Waals surface area (Å²) in [7, 11) is 0. The first-order valence-electron chi connectivity index (χ1n) is 11.0. The van der Waals surface area contributed by atoms with Gasteiger partial charge >= 0.3 is 0 Å². The lowest BCUT2D eigenvalue weighted by atomic mass is 9.83. The second-order valence-electron chi connectivity index (χ2n) is 9.72. The second-order valence-corrected chi connectivity index (χ2v) is 9.72. The molecule has 2 heterocycles. The van der Waals surface area contributed by atoms with Crippen LogP contribution in [-0.2, 0) is 16.6 Å². The molecule has 0 aromatic heterocycles. The van der Waals surface area contributed by atoms with E-state index in [1.54, 1.807) is 0 Å². The van der Waals surface area contributed by atoms with E-state index in [9.17, 15) is 20.4 Å². The number of hydrogen-bond acceptors (Lipinski definition) is 6. The van der Waals surface area contributed by atoms with E-state index in [-0.39, 0.29) is 11.5 Å². The van der Waals surface area contributed by atoms with Crippen molar-refractivity contribution in [1.29, 1.82) is 0 Å². The Morgan fingerprint density at radius 1 is 0.935 bits per heavy atom. The molecule has 5 N–H and O–H groups in total. The molecule has 2 aliphatic rings. The van der Waals surface area contributed by atoms with Crippen LogP contribution in [0.25, 0.3) is 0 Å². The third-order valence-electron chi connectivity index (χ3n) is 6.55. The molecular formula is C25H33NO5. The highest BCUT2D eigenvalue weighted by molar-refractivity contribution is 5.43. The summed E-state index contributed by atoms with van der Waals surface area (Å²) in [5.74, 6) is 0. The summed E-state index contributed by atoms with van der Waals surface area (Å²) in [5.41, 5.74) is 5.60. The fourth-order valence-corrected chi connectivity index (χ4v) is 4.60. The molecule has 6 heteroatoms. The van der Waals surface area contributed by atoms with Crippen molar-refractivity contribution in [3.8, 4) is 0 Å². The Kier molecular flexibility index (Phi) is 6.23. The molecule has 0 saturated carbocycles. The maximum absolute atomic E-state index is 10.5. The number of rotatable bonds is 3. The topological polar surface area (TPSA) is 102 Å². The van der Waals surface area contributed by atoms with Gasteiger partial charge in [0.05, 0.1) is 12.6 Å². The highest BCUT2D eigenvalue weighted by Crippen LogP contribution is 2.37. The van der Waals surface area contributed by atoms with Gasteiger partial charge in [-0.05, 0) is 39.7 Å². The van der Waals surface area contributed by atoms with E-state index in [1.807, 2.05) is 18.2 Å². The number of benzene rings is 2. The molecule has 6 atom stereocenters. The molecule has 2 aliphatic heterocycles. The summed E-state index contributed by atoms with van der Waals surface area (Å²) >= 11 is 0. The number of aliphatic hydroxyl groups excluding tert-OH is 4. The summed E-state index contributed by atoms with van der Waals surface area (Å²) in [5, 5.41) is 43.9. The standard InChI is InChI=1S/C25H33NO5/c1-25(2,3)17-8-6-15(7-9-17)20-18-12-16(5-4-14(18)10-11-26-20)24-23(30)22(29)21(28)19(13-27)31-24/h4-9,12,19-24,26-30H,10-11,13H2,1-3H3/t19-,20+,21-,22+,23-,24+/m1/s1. The lowest BCUT2D eigenvalue weighted by Crippen LogP contribution is -2.55. The van der Waals surface area contributed by atoms with E-state index in [1.165, 1.54) is 16.7 Å². The Morgan fingerprint density at radius 2 is 1.61 bits per heavy atom. The van der Waals surface area contributed by atoms with Crippen molar-refractivity contribution >= 4 is 0 Å². The molecule has 168 valence electrons. The fraction of sp³-hybridized carbons (Fsp3) is 0.520. The van der Waals surface area contributed by atoms with Crippen molar-refractivity contribution < 1.29 is 25.2 Å². The first-order valence-corrected chi connectivity index (χ1v) is 11.0. The number of aliphatic hydroxyl groups is 4. The number of fused-ring (bicyclic) bond motifs is 1. The average molecular weight is 428 g/mol. The van der Waals surface area contributed by atoms with Gasteiger partial charge in [0.25, 0.3) is 0 Å². The van der Waals surface area contributed by atoms with E-state index in [0.717, 1.165) is 24.1 Å². The van der Waals surface area contributed by atoms with Crippen molar-refractivity contribution in [3.63, 3.8) is 0 Å². The highest BCUT2D eigenvalue weighted by atomic mass is 16.5. The number of hydrogen-bond donors (Lipinski definition) is 5. The Bertz CT molecular complexity index is 905. The molecule has 4 rings (SSSR count). The molecule has 2 aromatic rings. The van der Waals surface area contributed by atoms with Crippen molar-refractivity contribution in [2.75, 3.05) is 13.2 Å². The van der Waals surface area contributed by atoms with Gasteiger partial charge in [0.15, 0.2) is 0 Å². The highest BCUT2D eigenvalue weighted by Gasteiger charge is 2.44. The molecule has 1 fully saturated rings. The Balaban J connectivity index is 1.67. The van der Waals surface area contributed by atoms with Crippen LogP contribution in [0.4, 0.5) is 0 Å². The molecule has 0 aliphatic carbocycles. The predicted molar refractivity (Wildman–Crippen MR) is 118 cm³/mol. The maximum atomic E-state index is 10.5. The Hall–Kier alpha value is -1.80. The molecule has 31 heavy (non-hydrogen) atoms. The third-order valence-corrected chi connectivity index (χ3v) is 6.55. The van der Waals surface area contributed by atoms with Gasteiger partial charge in [-0.2, -0.15) is 0 Å². The zero-order valence-electron chi connectivity index (χ0n) is 18.3. The minimum atomic E-state index is -1.38. The van der Waals surface area contributed by atoms with Gasteiger partial charge in [0, 0.05) is 6.54 Å². The second kappa shape index (κ2) is 8.62. The van der Waals surface area contributed by atoms with Crippen molar-refractivity contribution in [3.05, 3.63) is 70.3 Å². The van der Waals surface area contributed by atoms with Gasteiger partial charge in [-0.25, -0.2) is 0 Å². The van der Waals surface area contributed by atoms with Crippen molar-refractivity contribution in [2.45, 2.75) is 69.2 Å². The lowest BCUT2D eigenvalue weighted by molar-refractivity contribution is -0.231. The van der Waals surface area contributed by atoms with E-state index >= 15 is 0 Å². The molecule has 0 spiro atoms. The van der Waals surface area contributed by atoms with Crippen LogP contribution in [0.15, 0.2) is 42.5 Å². The Morgan fingerprint density at radius 3 is 2.26 bits per heavy atom. The largest absolute Gasteiger partial charge is 0.394 e. The number of ether oxygens (including phenoxy) is 1. The molecule has 0 amide bonds. The third kappa shape index (κ3) is 4.29. The molecule has 1 saturated heterocycles. The molecule has 2 aromatic carbocycles.